The van der Waals surface area contributed by atoms with Gasteiger partial charge in [0.05, 0.1) is 0 Å². The third-order valence-electron chi connectivity index (χ3n) is 2.12. The Balaban J connectivity index is 2.23. The lowest BCUT2D eigenvalue weighted by Crippen LogP contribution is -2.27. The van der Waals surface area contributed by atoms with E-state index >= 15 is 0 Å². The first-order valence-corrected chi connectivity index (χ1v) is 6.04. The molecule has 0 spiro atoms. The fourth-order valence-corrected chi connectivity index (χ4v) is 2.21. The fraction of sp³-hybridized carbons (Fsp3) is 0.0909. The summed E-state index contributed by atoms with van der Waals surface area (Å²) in [4.78, 5) is 23.3. The average molecular weight is 269 g/mol. The van der Waals surface area contributed by atoms with Crippen molar-refractivity contribution in [2.75, 3.05) is 5.32 Å². The van der Waals surface area contributed by atoms with Crippen molar-refractivity contribution in [3.63, 3.8) is 0 Å². The third kappa shape index (κ3) is 2.57. The lowest BCUT2D eigenvalue weighted by Gasteiger charge is -2.04. The van der Waals surface area contributed by atoms with Gasteiger partial charge < -0.3 is 5.32 Å². The number of nitrogens with zero attached hydrogens (tertiary/aromatic N) is 1. The number of anilines is 1. The Morgan fingerprint density at radius 3 is 2.82 bits per heavy atom. The molecule has 88 valence electrons. The van der Waals surface area contributed by atoms with Gasteiger partial charge in [0.2, 0.25) is 0 Å². The molecule has 1 N–H and O–H groups in total. The second-order valence-electron chi connectivity index (χ2n) is 3.45. The molecule has 2 aromatic rings. The maximum atomic E-state index is 11.8. The third-order valence-corrected chi connectivity index (χ3v) is 3.35. The highest BCUT2D eigenvalue weighted by atomic mass is 35.5. The van der Waals surface area contributed by atoms with Gasteiger partial charge >= 0.3 is 6.03 Å². The molecule has 1 aromatic heterocycles. The maximum absolute atomic E-state index is 11.8. The molecule has 6 heteroatoms. The number of carbonyl (C=O) groups is 1. The average Bonchev–Trinajstić information content (AvgIpc) is 2.60. The van der Waals surface area contributed by atoms with Gasteiger partial charge in [-0.25, -0.2) is 4.79 Å². The highest BCUT2D eigenvalue weighted by molar-refractivity contribution is 7.05. The van der Waals surface area contributed by atoms with Crippen LogP contribution in [0, 0.1) is 6.92 Å². The Kier molecular flexibility index (Phi) is 3.31. The van der Waals surface area contributed by atoms with Gasteiger partial charge in [-0.15, -0.1) is 0 Å². The van der Waals surface area contributed by atoms with Crippen LogP contribution in [0.2, 0.25) is 5.02 Å². The van der Waals surface area contributed by atoms with E-state index in [1.807, 2.05) is 0 Å². The van der Waals surface area contributed by atoms with Crippen LogP contribution in [0.5, 0.6) is 0 Å². The summed E-state index contributed by atoms with van der Waals surface area (Å²) in [5, 5.41) is 4.77. The van der Waals surface area contributed by atoms with Gasteiger partial charge in [-0.3, -0.25) is 4.79 Å². The molecule has 0 aliphatic carbocycles. The standard InChI is InChI=1S/C11H9ClN2O2S/c1-7-6-17-14(10(7)15)11(16)13-9-4-2-3-8(12)5-9/h2-6H,1H3,(H,13,16). The van der Waals surface area contributed by atoms with Gasteiger partial charge in [0.1, 0.15) is 0 Å². The number of hydrogen-bond donors (Lipinski definition) is 1. The van der Waals surface area contributed by atoms with Gasteiger partial charge in [0.15, 0.2) is 0 Å². The monoisotopic (exact) mass is 268 g/mol. The molecule has 1 heterocycles. The molecular weight excluding hydrogens is 260 g/mol. The summed E-state index contributed by atoms with van der Waals surface area (Å²) in [7, 11) is 0. The summed E-state index contributed by atoms with van der Waals surface area (Å²) in [5.41, 5.74) is 0.811. The number of aromatic nitrogens is 1. The molecule has 1 amide bonds. The van der Waals surface area contributed by atoms with Crippen LogP contribution in [0.15, 0.2) is 34.4 Å². The normalized spacial score (nSPS) is 10.2. The Hall–Kier alpha value is -1.59. The van der Waals surface area contributed by atoms with Gasteiger partial charge in [0, 0.05) is 21.7 Å². The number of halogens is 1. The van der Waals surface area contributed by atoms with Crippen LogP contribution in [0.1, 0.15) is 5.56 Å². The Morgan fingerprint density at radius 1 is 1.47 bits per heavy atom. The Bertz CT molecular complexity index is 618. The number of amides is 1. The number of carbonyl (C=O) groups excluding carboxylic acids is 1. The van der Waals surface area contributed by atoms with Crippen LogP contribution in [-0.4, -0.2) is 9.99 Å². The largest absolute Gasteiger partial charge is 0.342 e. The second-order valence-corrected chi connectivity index (χ2v) is 4.69. The van der Waals surface area contributed by atoms with Crippen molar-refractivity contribution in [1.82, 2.24) is 3.96 Å². The van der Waals surface area contributed by atoms with E-state index in [0.29, 0.717) is 16.3 Å². The van der Waals surface area contributed by atoms with Crippen molar-refractivity contribution in [3.8, 4) is 0 Å². The highest BCUT2D eigenvalue weighted by Gasteiger charge is 2.10. The van der Waals surface area contributed by atoms with Crippen LogP contribution in [0.25, 0.3) is 0 Å². The molecular formula is C11H9ClN2O2S. The van der Waals surface area contributed by atoms with E-state index in [1.54, 1.807) is 36.6 Å². The molecule has 4 nitrogen and oxygen atoms in total. The molecule has 0 radical (unpaired) electrons. The van der Waals surface area contributed by atoms with E-state index in [-0.39, 0.29) is 5.56 Å². The molecule has 2 rings (SSSR count). The minimum atomic E-state index is -0.477. The first kappa shape index (κ1) is 11.9. The minimum Gasteiger partial charge on any atom is -0.306 e. The number of rotatable bonds is 1. The summed E-state index contributed by atoms with van der Waals surface area (Å²) in [6.45, 7) is 1.67. The van der Waals surface area contributed by atoms with E-state index in [1.165, 1.54) is 0 Å². The van der Waals surface area contributed by atoms with E-state index in [0.717, 1.165) is 15.5 Å². The fourth-order valence-electron chi connectivity index (χ4n) is 1.27. The summed E-state index contributed by atoms with van der Waals surface area (Å²) in [6, 6.07) is 6.27. The van der Waals surface area contributed by atoms with E-state index in [4.69, 9.17) is 11.6 Å². The second kappa shape index (κ2) is 4.73. The van der Waals surface area contributed by atoms with Crippen LogP contribution < -0.4 is 10.9 Å². The smallest absolute Gasteiger partial charge is 0.306 e. The molecule has 0 fully saturated rings. The van der Waals surface area contributed by atoms with Crippen LogP contribution >= 0.6 is 23.1 Å². The molecule has 0 unspecified atom stereocenters. The van der Waals surface area contributed by atoms with E-state index in [2.05, 4.69) is 5.32 Å². The molecule has 0 saturated carbocycles. The van der Waals surface area contributed by atoms with E-state index in [9.17, 15) is 9.59 Å². The zero-order valence-corrected chi connectivity index (χ0v) is 10.5. The minimum absolute atomic E-state index is 0.297. The summed E-state index contributed by atoms with van der Waals surface area (Å²) < 4.78 is 1.07. The first-order valence-electron chi connectivity index (χ1n) is 4.82. The molecule has 0 aliphatic heterocycles. The summed E-state index contributed by atoms with van der Waals surface area (Å²) in [6.07, 6.45) is 0. The molecule has 1 aromatic carbocycles. The van der Waals surface area contributed by atoms with E-state index < -0.39 is 6.03 Å². The maximum Gasteiger partial charge on any atom is 0.342 e. The topological polar surface area (TPSA) is 51.1 Å². The highest BCUT2D eigenvalue weighted by Crippen LogP contribution is 2.15. The predicted molar refractivity (Wildman–Crippen MR) is 69.2 cm³/mol. The zero-order valence-electron chi connectivity index (χ0n) is 8.94. The molecule has 0 bridgehead atoms. The Morgan fingerprint density at radius 2 is 2.24 bits per heavy atom. The first-order chi connectivity index (χ1) is 8.08. The summed E-state index contributed by atoms with van der Waals surface area (Å²) in [5.74, 6) is 0. The Labute approximate surface area is 107 Å². The zero-order chi connectivity index (χ0) is 12.4. The van der Waals surface area contributed by atoms with Crippen molar-refractivity contribution in [2.45, 2.75) is 6.92 Å². The number of benzene rings is 1. The SMILES string of the molecule is Cc1csn(C(=O)Nc2cccc(Cl)c2)c1=O. The van der Waals surface area contributed by atoms with Gasteiger partial charge in [-0.2, -0.15) is 3.96 Å². The van der Waals surface area contributed by atoms with Crippen LogP contribution in [0.4, 0.5) is 10.5 Å². The van der Waals surface area contributed by atoms with Crippen molar-refractivity contribution in [1.29, 1.82) is 0 Å². The van der Waals surface area contributed by atoms with Gasteiger partial charge in [-0.1, -0.05) is 29.2 Å². The van der Waals surface area contributed by atoms with Gasteiger partial charge in [0.25, 0.3) is 5.56 Å². The number of nitrogens with one attached hydrogen (secondary N) is 1. The van der Waals surface area contributed by atoms with Crippen molar-refractivity contribution < 1.29 is 4.79 Å². The lowest BCUT2D eigenvalue weighted by atomic mass is 10.3. The van der Waals surface area contributed by atoms with Gasteiger partial charge in [-0.05, 0) is 25.1 Å². The van der Waals surface area contributed by atoms with Crippen LogP contribution in [0.3, 0.4) is 0 Å². The molecule has 0 aliphatic rings. The molecule has 0 atom stereocenters. The summed E-state index contributed by atoms with van der Waals surface area (Å²) >= 11 is 6.86. The van der Waals surface area contributed by atoms with Crippen molar-refractivity contribution in [2.24, 2.45) is 0 Å². The van der Waals surface area contributed by atoms with Crippen molar-refractivity contribution >= 4 is 34.9 Å². The lowest BCUT2D eigenvalue weighted by molar-refractivity contribution is 0.254. The van der Waals surface area contributed by atoms with Crippen LogP contribution in [-0.2, 0) is 0 Å². The number of hydrogen-bond acceptors (Lipinski definition) is 3. The molecule has 0 saturated heterocycles. The predicted octanol–water partition coefficient (Wildman–Crippen LogP) is 2.95. The molecule has 17 heavy (non-hydrogen) atoms. The quantitative estimate of drug-likeness (QED) is 0.864. The van der Waals surface area contributed by atoms with Crippen molar-refractivity contribution in [3.05, 3.63) is 50.6 Å². The number of aryl methyl sites for hydroxylation is 1.